The SMILES string of the molecule is C[C@@H](Cc1ccccc1)N[C@H](C)C(=O)c1ccccc1. The van der Waals surface area contributed by atoms with Gasteiger partial charge in [0.1, 0.15) is 0 Å². The first kappa shape index (κ1) is 14.5. The molecule has 104 valence electrons. The van der Waals surface area contributed by atoms with Gasteiger partial charge in [0.15, 0.2) is 5.78 Å². The fraction of sp³-hybridized carbons (Fsp3) is 0.278. The third-order valence-electron chi connectivity index (χ3n) is 3.37. The van der Waals surface area contributed by atoms with Crippen LogP contribution in [0.15, 0.2) is 60.7 Å². The van der Waals surface area contributed by atoms with Gasteiger partial charge in [-0.15, -0.1) is 0 Å². The monoisotopic (exact) mass is 267 g/mol. The second-order valence-corrected chi connectivity index (χ2v) is 5.21. The highest BCUT2D eigenvalue weighted by atomic mass is 16.1. The molecule has 0 aliphatic carbocycles. The molecule has 1 N–H and O–H groups in total. The highest BCUT2D eigenvalue weighted by molar-refractivity contribution is 5.99. The van der Waals surface area contributed by atoms with Crippen molar-refractivity contribution in [3.05, 3.63) is 71.8 Å². The molecule has 0 saturated carbocycles. The van der Waals surface area contributed by atoms with E-state index in [4.69, 9.17) is 0 Å². The Balaban J connectivity index is 1.91. The third-order valence-corrected chi connectivity index (χ3v) is 3.37. The lowest BCUT2D eigenvalue weighted by molar-refractivity contribution is 0.0945. The molecule has 0 bridgehead atoms. The van der Waals surface area contributed by atoms with Crippen molar-refractivity contribution in [2.75, 3.05) is 0 Å². The van der Waals surface area contributed by atoms with Crippen LogP contribution in [0.25, 0.3) is 0 Å². The molecule has 0 aliphatic heterocycles. The highest BCUT2D eigenvalue weighted by Crippen LogP contribution is 2.07. The zero-order valence-electron chi connectivity index (χ0n) is 12.0. The maximum atomic E-state index is 12.3. The average Bonchev–Trinajstić information content (AvgIpc) is 2.48. The number of hydrogen-bond donors (Lipinski definition) is 1. The highest BCUT2D eigenvalue weighted by Gasteiger charge is 2.16. The normalized spacial score (nSPS) is 13.7. The van der Waals surface area contributed by atoms with Crippen LogP contribution < -0.4 is 5.32 Å². The van der Waals surface area contributed by atoms with E-state index in [0.29, 0.717) is 0 Å². The van der Waals surface area contributed by atoms with Crippen LogP contribution in [0.3, 0.4) is 0 Å². The predicted octanol–water partition coefficient (Wildman–Crippen LogP) is 3.48. The number of benzene rings is 2. The summed E-state index contributed by atoms with van der Waals surface area (Å²) >= 11 is 0. The number of hydrogen-bond acceptors (Lipinski definition) is 2. The van der Waals surface area contributed by atoms with Crippen molar-refractivity contribution in [3.63, 3.8) is 0 Å². The lowest BCUT2D eigenvalue weighted by atomic mass is 10.0. The van der Waals surface area contributed by atoms with Crippen LogP contribution in [0.2, 0.25) is 0 Å². The average molecular weight is 267 g/mol. The van der Waals surface area contributed by atoms with Crippen LogP contribution in [0.5, 0.6) is 0 Å². The molecule has 0 saturated heterocycles. The molecule has 0 radical (unpaired) electrons. The smallest absolute Gasteiger partial charge is 0.179 e. The van der Waals surface area contributed by atoms with Gasteiger partial charge < -0.3 is 5.32 Å². The van der Waals surface area contributed by atoms with Crippen molar-refractivity contribution in [1.29, 1.82) is 0 Å². The van der Waals surface area contributed by atoms with Crippen molar-refractivity contribution in [2.24, 2.45) is 0 Å². The van der Waals surface area contributed by atoms with Crippen molar-refractivity contribution < 1.29 is 4.79 Å². The van der Waals surface area contributed by atoms with Gasteiger partial charge in [-0.05, 0) is 25.8 Å². The Kier molecular flexibility index (Phi) is 5.08. The van der Waals surface area contributed by atoms with Crippen LogP contribution in [0.4, 0.5) is 0 Å². The van der Waals surface area contributed by atoms with Crippen LogP contribution in [0, 0.1) is 0 Å². The van der Waals surface area contributed by atoms with Gasteiger partial charge in [0.05, 0.1) is 6.04 Å². The number of nitrogens with one attached hydrogen (secondary N) is 1. The zero-order valence-corrected chi connectivity index (χ0v) is 12.0. The van der Waals surface area contributed by atoms with Crippen LogP contribution in [-0.4, -0.2) is 17.9 Å². The van der Waals surface area contributed by atoms with Crippen molar-refractivity contribution >= 4 is 5.78 Å². The predicted molar refractivity (Wildman–Crippen MR) is 83.0 cm³/mol. The van der Waals surface area contributed by atoms with E-state index in [-0.39, 0.29) is 17.9 Å². The topological polar surface area (TPSA) is 29.1 Å². The van der Waals surface area contributed by atoms with Gasteiger partial charge in [-0.2, -0.15) is 0 Å². The third kappa shape index (κ3) is 4.04. The molecule has 2 nitrogen and oxygen atoms in total. The summed E-state index contributed by atoms with van der Waals surface area (Å²) in [5.74, 6) is 0.144. The number of carbonyl (C=O) groups excluding carboxylic acids is 1. The van der Waals surface area contributed by atoms with Crippen LogP contribution in [-0.2, 0) is 6.42 Å². The van der Waals surface area contributed by atoms with E-state index < -0.39 is 0 Å². The Morgan fingerprint density at radius 3 is 2.10 bits per heavy atom. The minimum Gasteiger partial charge on any atom is -0.305 e. The molecule has 0 spiro atoms. The molecule has 2 aromatic rings. The summed E-state index contributed by atoms with van der Waals surface area (Å²) < 4.78 is 0. The first-order chi connectivity index (χ1) is 9.66. The molecule has 2 aromatic carbocycles. The molecular weight excluding hydrogens is 246 g/mol. The van der Waals surface area contributed by atoms with Crippen LogP contribution >= 0.6 is 0 Å². The molecule has 0 aliphatic rings. The summed E-state index contributed by atoms with van der Waals surface area (Å²) in [6.07, 6.45) is 0.924. The summed E-state index contributed by atoms with van der Waals surface area (Å²) in [5.41, 5.74) is 2.05. The molecule has 0 heterocycles. The van der Waals surface area contributed by atoms with Gasteiger partial charge in [-0.25, -0.2) is 0 Å². The minimum atomic E-state index is -0.170. The second kappa shape index (κ2) is 7.01. The summed E-state index contributed by atoms with van der Waals surface area (Å²) in [6.45, 7) is 4.04. The van der Waals surface area contributed by atoms with E-state index in [1.807, 2.05) is 55.5 Å². The Morgan fingerprint density at radius 2 is 1.50 bits per heavy atom. The van der Waals surface area contributed by atoms with Crippen molar-refractivity contribution in [1.82, 2.24) is 5.32 Å². The van der Waals surface area contributed by atoms with Crippen molar-refractivity contribution in [2.45, 2.75) is 32.4 Å². The van der Waals surface area contributed by atoms with E-state index in [9.17, 15) is 4.79 Å². The Bertz CT molecular complexity index is 536. The van der Waals surface area contributed by atoms with Gasteiger partial charge in [0.2, 0.25) is 0 Å². The minimum absolute atomic E-state index is 0.144. The molecule has 2 rings (SSSR count). The van der Waals surface area contributed by atoms with Gasteiger partial charge in [-0.1, -0.05) is 60.7 Å². The Labute approximate surface area is 120 Å². The largest absolute Gasteiger partial charge is 0.305 e. The molecule has 2 heteroatoms. The van der Waals surface area contributed by atoms with Crippen LogP contribution in [0.1, 0.15) is 29.8 Å². The maximum Gasteiger partial charge on any atom is 0.179 e. The molecule has 0 fully saturated rings. The quantitative estimate of drug-likeness (QED) is 0.812. The second-order valence-electron chi connectivity index (χ2n) is 5.21. The fourth-order valence-corrected chi connectivity index (χ4v) is 2.38. The zero-order chi connectivity index (χ0) is 14.4. The van der Waals surface area contributed by atoms with Gasteiger partial charge in [-0.3, -0.25) is 4.79 Å². The number of ketones is 1. The van der Waals surface area contributed by atoms with Gasteiger partial charge in [0.25, 0.3) is 0 Å². The van der Waals surface area contributed by atoms with Gasteiger partial charge in [0, 0.05) is 11.6 Å². The lowest BCUT2D eigenvalue weighted by Crippen LogP contribution is -2.41. The van der Waals surface area contributed by atoms with E-state index in [0.717, 1.165) is 12.0 Å². The number of rotatable bonds is 6. The van der Waals surface area contributed by atoms with Gasteiger partial charge >= 0.3 is 0 Å². The first-order valence-electron chi connectivity index (χ1n) is 7.06. The fourth-order valence-electron chi connectivity index (χ4n) is 2.38. The number of carbonyl (C=O) groups is 1. The molecule has 0 unspecified atom stereocenters. The molecule has 20 heavy (non-hydrogen) atoms. The van der Waals surface area contributed by atoms with E-state index in [1.165, 1.54) is 5.56 Å². The summed E-state index contributed by atoms with van der Waals surface area (Å²) in [7, 11) is 0. The van der Waals surface area contributed by atoms with E-state index >= 15 is 0 Å². The molecular formula is C18H21NO. The van der Waals surface area contributed by atoms with E-state index in [2.05, 4.69) is 24.4 Å². The van der Waals surface area contributed by atoms with E-state index in [1.54, 1.807) is 0 Å². The number of Topliss-reactive ketones (excluding diaryl/α,β-unsaturated/α-hetero) is 1. The lowest BCUT2D eigenvalue weighted by Gasteiger charge is -2.19. The Hall–Kier alpha value is -1.93. The first-order valence-corrected chi connectivity index (χ1v) is 7.06. The van der Waals surface area contributed by atoms with Crippen molar-refractivity contribution in [3.8, 4) is 0 Å². The maximum absolute atomic E-state index is 12.3. The standard InChI is InChI=1S/C18H21NO/c1-14(13-16-9-5-3-6-10-16)19-15(2)18(20)17-11-7-4-8-12-17/h3-12,14-15,19H,13H2,1-2H3/t14-,15+/m0/s1. The summed E-state index contributed by atoms with van der Waals surface area (Å²) in [5, 5.41) is 3.38. The summed E-state index contributed by atoms with van der Waals surface area (Å²) in [4.78, 5) is 12.3. The Morgan fingerprint density at radius 1 is 0.950 bits per heavy atom. The summed E-state index contributed by atoms with van der Waals surface area (Å²) in [6, 6.07) is 19.9. The molecule has 2 atom stereocenters. The molecule has 0 aromatic heterocycles. The molecule has 0 amide bonds.